The lowest BCUT2D eigenvalue weighted by Gasteiger charge is -2.19. The molecule has 0 saturated carbocycles. The Morgan fingerprint density at radius 3 is 2.35 bits per heavy atom. The summed E-state index contributed by atoms with van der Waals surface area (Å²) in [4.78, 5) is 24.9. The summed E-state index contributed by atoms with van der Waals surface area (Å²) in [7, 11) is 4.99. The topological polar surface area (TPSA) is 79.9 Å². The van der Waals surface area contributed by atoms with Crippen molar-refractivity contribution in [2.45, 2.75) is 20.4 Å². The quantitative estimate of drug-likeness (QED) is 0.790. The van der Waals surface area contributed by atoms with Gasteiger partial charge in [-0.2, -0.15) is 0 Å². The average Bonchev–Trinajstić information content (AvgIpc) is 2.48. The molecule has 0 aliphatic heterocycles. The van der Waals surface area contributed by atoms with Crippen molar-refractivity contribution in [3.63, 3.8) is 0 Å². The van der Waals surface area contributed by atoms with E-state index in [2.05, 4.69) is 10.6 Å². The smallest absolute Gasteiger partial charge is 0.321 e. The zero-order chi connectivity index (χ0) is 17.4. The van der Waals surface area contributed by atoms with Gasteiger partial charge in [0.2, 0.25) is 5.91 Å². The fourth-order valence-corrected chi connectivity index (χ4v) is 2.16. The molecule has 0 spiro atoms. The zero-order valence-corrected chi connectivity index (χ0v) is 14.4. The van der Waals surface area contributed by atoms with Gasteiger partial charge < -0.3 is 14.8 Å². The van der Waals surface area contributed by atoms with Gasteiger partial charge in [-0.05, 0) is 44.2 Å². The van der Waals surface area contributed by atoms with Crippen molar-refractivity contribution in [1.82, 2.24) is 15.5 Å². The van der Waals surface area contributed by atoms with Crippen LogP contribution in [0.25, 0.3) is 0 Å². The summed E-state index contributed by atoms with van der Waals surface area (Å²) in [5, 5.41) is 4.79. The average molecular weight is 323 g/mol. The van der Waals surface area contributed by atoms with Gasteiger partial charge in [0.25, 0.3) is 0 Å². The van der Waals surface area contributed by atoms with E-state index in [9.17, 15) is 9.59 Å². The fraction of sp³-hybridized carbons (Fsp3) is 0.500. The van der Waals surface area contributed by atoms with E-state index in [1.807, 2.05) is 31.0 Å². The summed E-state index contributed by atoms with van der Waals surface area (Å²) in [5.74, 6) is 0.968. The van der Waals surface area contributed by atoms with Crippen molar-refractivity contribution in [3.05, 3.63) is 23.3 Å². The highest BCUT2D eigenvalue weighted by atomic mass is 16.5. The minimum atomic E-state index is -0.479. The Morgan fingerprint density at radius 2 is 1.78 bits per heavy atom. The lowest BCUT2D eigenvalue weighted by atomic mass is 10.1. The summed E-state index contributed by atoms with van der Waals surface area (Å²) in [5.41, 5.74) is 2.06. The van der Waals surface area contributed by atoms with Crippen LogP contribution in [0.3, 0.4) is 0 Å². The normalized spacial score (nSPS) is 10.3. The molecule has 1 aromatic carbocycles. The van der Waals surface area contributed by atoms with Gasteiger partial charge >= 0.3 is 6.03 Å². The minimum absolute atomic E-state index is 0.116. The van der Waals surface area contributed by atoms with Gasteiger partial charge in [0.1, 0.15) is 0 Å². The number of carbonyl (C=O) groups is 2. The maximum atomic E-state index is 11.8. The first-order valence-corrected chi connectivity index (χ1v) is 7.39. The second-order valence-electron chi connectivity index (χ2n) is 5.21. The van der Waals surface area contributed by atoms with Crippen molar-refractivity contribution in [2.24, 2.45) is 0 Å². The second kappa shape index (κ2) is 8.99. The molecule has 2 N–H and O–H groups in total. The van der Waals surface area contributed by atoms with E-state index in [1.165, 1.54) is 0 Å². The Bertz CT molecular complexity index is 561. The van der Waals surface area contributed by atoms with Crippen molar-refractivity contribution in [2.75, 3.05) is 34.4 Å². The van der Waals surface area contributed by atoms with Gasteiger partial charge in [0.15, 0.2) is 11.5 Å². The molecule has 0 heterocycles. The SMILES string of the molecule is CCNC(=O)NC(=O)CN(C)Cc1cc(OC)c(OC)cc1C. The largest absolute Gasteiger partial charge is 0.493 e. The summed E-state index contributed by atoms with van der Waals surface area (Å²) in [6.45, 7) is 4.90. The number of imide groups is 1. The Morgan fingerprint density at radius 1 is 1.17 bits per heavy atom. The highest BCUT2D eigenvalue weighted by molar-refractivity contribution is 5.95. The number of methoxy groups -OCH3 is 2. The number of carbonyl (C=O) groups excluding carboxylic acids is 2. The summed E-state index contributed by atoms with van der Waals surface area (Å²) in [6.07, 6.45) is 0. The number of benzene rings is 1. The van der Waals surface area contributed by atoms with E-state index >= 15 is 0 Å². The Kier molecular flexibility index (Phi) is 7.34. The second-order valence-corrected chi connectivity index (χ2v) is 5.21. The van der Waals surface area contributed by atoms with Gasteiger partial charge in [-0.15, -0.1) is 0 Å². The number of nitrogens with one attached hydrogen (secondary N) is 2. The van der Waals surface area contributed by atoms with Gasteiger partial charge in [-0.3, -0.25) is 15.0 Å². The molecule has 0 fully saturated rings. The van der Waals surface area contributed by atoms with Crippen LogP contribution in [-0.4, -0.2) is 51.2 Å². The number of aryl methyl sites for hydroxylation is 1. The monoisotopic (exact) mass is 323 g/mol. The van der Waals surface area contributed by atoms with Gasteiger partial charge in [-0.1, -0.05) is 0 Å². The number of hydrogen-bond acceptors (Lipinski definition) is 5. The predicted octanol–water partition coefficient (Wildman–Crippen LogP) is 1.29. The van der Waals surface area contributed by atoms with E-state index in [1.54, 1.807) is 21.1 Å². The molecule has 0 aromatic heterocycles. The highest BCUT2D eigenvalue weighted by Crippen LogP contribution is 2.30. The van der Waals surface area contributed by atoms with Crippen molar-refractivity contribution < 1.29 is 19.1 Å². The van der Waals surface area contributed by atoms with E-state index in [0.717, 1.165) is 11.1 Å². The standard InChI is InChI=1S/C16H25N3O4/c1-6-17-16(21)18-15(20)10-19(3)9-12-8-14(23-5)13(22-4)7-11(12)2/h7-8H,6,9-10H2,1-5H3,(H2,17,18,20,21). The third-order valence-corrected chi connectivity index (χ3v) is 3.29. The molecule has 0 atom stereocenters. The number of urea groups is 1. The van der Waals surface area contributed by atoms with Crippen LogP contribution in [0, 0.1) is 6.92 Å². The highest BCUT2D eigenvalue weighted by Gasteiger charge is 2.13. The first kappa shape index (κ1) is 18.8. The van der Waals surface area contributed by atoms with E-state index in [0.29, 0.717) is 24.6 Å². The number of rotatable bonds is 7. The van der Waals surface area contributed by atoms with E-state index in [-0.39, 0.29) is 12.5 Å². The van der Waals surface area contributed by atoms with Crippen LogP contribution < -0.4 is 20.1 Å². The first-order chi connectivity index (χ1) is 10.9. The zero-order valence-electron chi connectivity index (χ0n) is 14.4. The Balaban J connectivity index is 2.68. The number of amides is 3. The first-order valence-electron chi connectivity index (χ1n) is 7.39. The van der Waals surface area contributed by atoms with Gasteiger partial charge in [-0.25, -0.2) is 4.79 Å². The van der Waals surface area contributed by atoms with Crippen LogP contribution in [0.2, 0.25) is 0 Å². The molecule has 1 rings (SSSR count). The molecule has 0 aliphatic rings. The lowest BCUT2D eigenvalue weighted by Crippen LogP contribution is -2.43. The minimum Gasteiger partial charge on any atom is -0.493 e. The molecular formula is C16H25N3O4. The van der Waals surface area contributed by atoms with Crippen molar-refractivity contribution in [1.29, 1.82) is 0 Å². The third-order valence-electron chi connectivity index (χ3n) is 3.29. The molecule has 1 aromatic rings. The lowest BCUT2D eigenvalue weighted by molar-refractivity contribution is -0.120. The van der Waals surface area contributed by atoms with Crippen LogP contribution in [0.15, 0.2) is 12.1 Å². The van der Waals surface area contributed by atoms with Crippen LogP contribution in [0.4, 0.5) is 4.79 Å². The van der Waals surface area contributed by atoms with Crippen LogP contribution >= 0.6 is 0 Å². The van der Waals surface area contributed by atoms with E-state index in [4.69, 9.17) is 9.47 Å². The van der Waals surface area contributed by atoms with Crippen molar-refractivity contribution in [3.8, 4) is 11.5 Å². The molecule has 0 aliphatic carbocycles. The maximum Gasteiger partial charge on any atom is 0.321 e. The fourth-order valence-electron chi connectivity index (χ4n) is 2.16. The van der Waals surface area contributed by atoms with Crippen LogP contribution in [0.1, 0.15) is 18.1 Å². The molecule has 0 saturated heterocycles. The van der Waals surface area contributed by atoms with Crippen molar-refractivity contribution >= 4 is 11.9 Å². The summed E-state index contributed by atoms with van der Waals surface area (Å²) < 4.78 is 10.6. The molecule has 0 unspecified atom stereocenters. The molecule has 0 bridgehead atoms. The van der Waals surface area contributed by atoms with Crippen LogP contribution in [0.5, 0.6) is 11.5 Å². The molecular weight excluding hydrogens is 298 g/mol. The maximum absolute atomic E-state index is 11.8. The van der Waals surface area contributed by atoms with Gasteiger partial charge in [0.05, 0.1) is 20.8 Å². The van der Waals surface area contributed by atoms with Crippen LogP contribution in [-0.2, 0) is 11.3 Å². The molecule has 0 radical (unpaired) electrons. The molecule has 23 heavy (non-hydrogen) atoms. The molecule has 7 nitrogen and oxygen atoms in total. The summed E-state index contributed by atoms with van der Waals surface area (Å²) >= 11 is 0. The number of likely N-dealkylation sites (N-methyl/N-ethyl adjacent to an activating group) is 1. The predicted molar refractivity (Wildman–Crippen MR) is 87.8 cm³/mol. The van der Waals surface area contributed by atoms with E-state index < -0.39 is 6.03 Å². The van der Waals surface area contributed by atoms with Gasteiger partial charge in [0, 0.05) is 13.1 Å². The number of nitrogens with zero attached hydrogens (tertiary/aromatic N) is 1. The Labute approximate surface area is 136 Å². The number of ether oxygens (including phenoxy) is 2. The molecule has 128 valence electrons. The number of hydrogen-bond donors (Lipinski definition) is 2. The molecule has 7 heteroatoms. The summed E-state index contributed by atoms with van der Waals surface area (Å²) in [6, 6.07) is 3.32. The molecule has 3 amide bonds. The third kappa shape index (κ3) is 5.78. The Hall–Kier alpha value is -2.28.